The van der Waals surface area contributed by atoms with Gasteiger partial charge in [-0.3, -0.25) is 0 Å². The topological polar surface area (TPSA) is 75.6 Å². The summed E-state index contributed by atoms with van der Waals surface area (Å²) in [6.07, 6.45) is 0. The van der Waals surface area contributed by atoms with Crippen molar-refractivity contribution in [1.82, 2.24) is 9.97 Å². The fourth-order valence-corrected chi connectivity index (χ4v) is 0.703. The molecular formula is C7H8N4. The van der Waals surface area contributed by atoms with Crippen LogP contribution in [0.1, 0.15) is 17.1 Å². The van der Waals surface area contributed by atoms with Crippen LogP contribution in [0.3, 0.4) is 0 Å². The molecule has 0 saturated heterocycles. The Morgan fingerprint density at radius 3 is 2.36 bits per heavy atom. The first-order valence-corrected chi connectivity index (χ1v) is 3.16. The molecule has 1 rings (SSSR count). The average Bonchev–Trinajstić information content (AvgIpc) is 1.97. The minimum Gasteiger partial charge on any atom is -0.381 e. The summed E-state index contributed by atoms with van der Waals surface area (Å²) < 4.78 is 0. The Morgan fingerprint density at radius 1 is 1.27 bits per heavy atom. The quantitative estimate of drug-likeness (QED) is 0.582. The molecule has 0 aliphatic heterocycles. The Morgan fingerprint density at radius 2 is 1.82 bits per heavy atom. The molecule has 0 amide bonds. The van der Waals surface area contributed by atoms with Gasteiger partial charge in [0.15, 0.2) is 11.5 Å². The fourth-order valence-electron chi connectivity index (χ4n) is 0.703. The molecule has 0 radical (unpaired) electrons. The monoisotopic (exact) mass is 148 g/mol. The summed E-state index contributed by atoms with van der Waals surface area (Å²) in [5.74, 6) is 0.204. The molecule has 0 atom stereocenters. The molecule has 0 bridgehead atoms. The maximum absolute atomic E-state index is 8.50. The first-order valence-electron chi connectivity index (χ1n) is 3.16. The van der Waals surface area contributed by atoms with Crippen LogP contribution >= 0.6 is 0 Å². The number of hydrogen-bond acceptors (Lipinski definition) is 4. The summed E-state index contributed by atoms with van der Waals surface area (Å²) >= 11 is 0. The average molecular weight is 148 g/mol. The number of aryl methyl sites for hydroxylation is 2. The molecule has 0 spiro atoms. The van der Waals surface area contributed by atoms with E-state index in [0.29, 0.717) is 0 Å². The maximum atomic E-state index is 8.50. The van der Waals surface area contributed by atoms with Gasteiger partial charge in [-0.1, -0.05) is 0 Å². The van der Waals surface area contributed by atoms with Crippen LogP contribution in [0.15, 0.2) is 0 Å². The van der Waals surface area contributed by atoms with E-state index in [1.165, 1.54) is 0 Å². The molecule has 0 fully saturated rings. The minimum absolute atomic E-state index is 0.202. The van der Waals surface area contributed by atoms with Crippen molar-refractivity contribution in [3.63, 3.8) is 0 Å². The lowest BCUT2D eigenvalue weighted by Gasteiger charge is -1.99. The summed E-state index contributed by atoms with van der Waals surface area (Å²) in [6, 6.07) is 1.86. The van der Waals surface area contributed by atoms with Crippen LogP contribution in [0.5, 0.6) is 0 Å². The normalized spacial score (nSPS) is 9.18. The zero-order valence-corrected chi connectivity index (χ0v) is 6.42. The van der Waals surface area contributed by atoms with Gasteiger partial charge in [-0.15, -0.1) is 0 Å². The van der Waals surface area contributed by atoms with Gasteiger partial charge in [0.25, 0.3) is 0 Å². The number of anilines is 1. The van der Waals surface area contributed by atoms with Crippen molar-refractivity contribution >= 4 is 5.82 Å². The van der Waals surface area contributed by atoms with E-state index in [-0.39, 0.29) is 11.5 Å². The van der Waals surface area contributed by atoms with Crippen LogP contribution in [0.25, 0.3) is 0 Å². The Labute approximate surface area is 64.7 Å². The standard InChI is InChI=1S/C7H8N4/c1-4-5(2)11-7(9)6(3-8)10-4/h1-2H3,(H2,9,11). The van der Waals surface area contributed by atoms with Crippen LogP contribution in [-0.4, -0.2) is 9.97 Å². The number of nitrogens with two attached hydrogens (primary N) is 1. The Kier molecular flexibility index (Phi) is 1.73. The molecular weight excluding hydrogens is 140 g/mol. The Balaban J connectivity index is 3.35. The molecule has 11 heavy (non-hydrogen) atoms. The van der Waals surface area contributed by atoms with Crippen molar-refractivity contribution in [1.29, 1.82) is 5.26 Å². The molecule has 56 valence electrons. The number of nitriles is 1. The summed E-state index contributed by atoms with van der Waals surface area (Å²) in [7, 11) is 0. The third-order valence-electron chi connectivity index (χ3n) is 1.44. The largest absolute Gasteiger partial charge is 0.381 e. The first-order chi connectivity index (χ1) is 5.15. The zero-order chi connectivity index (χ0) is 8.43. The fraction of sp³-hybridized carbons (Fsp3) is 0.286. The van der Waals surface area contributed by atoms with Crippen molar-refractivity contribution in [2.24, 2.45) is 0 Å². The van der Waals surface area contributed by atoms with E-state index in [9.17, 15) is 0 Å². The lowest BCUT2D eigenvalue weighted by molar-refractivity contribution is 1.04. The van der Waals surface area contributed by atoms with Gasteiger partial charge in [-0.2, -0.15) is 5.26 Å². The van der Waals surface area contributed by atoms with Crippen molar-refractivity contribution < 1.29 is 0 Å². The molecule has 0 aliphatic carbocycles. The van der Waals surface area contributed by atoms with Crippen LogP contribution in [-0.2, 0) is 0 Å². The van der Waals surface area contributed by atoms with Gasteiger partial charge in [-0.25, -0.2) is 9.97 Å². The van der Waals surface area contributed by atoms with Crippen LogP contribution in [0, 0.1) is 25.2 Å². The van der Waals surface area contributed by atoms with Gasteiger partial charge in [0, 0.05) is 0 Å². The highest BCUT2D eigenvalue weighted by atomic mass is 14.9. The van der Waals surface area contributed by atoms with E-state index in [4.69, 9.17) is 11.0 Å². The number of nitrogens with zero attached hydrogens (tertiary/aromatic N) is 3. The van der Waals surface area contributed by atoms with E-state index in [1.54, 1.807) is 13.8 Å². The predicted octanol–water partition coefficient (Wildman–Crippen LogP) is 0.547. The van der Waals surface area contributed by atoms with Gasteiger partial charge < -0.3 is 5.73 Å². The van der Waals surface area contributed by atoms with Crippen LogP contribution < -0.4 is 5.73 Å². The summed E-state index contributed by atoms with van der Waals surface area (Å²) in [5, 5.41) is 8.50. The number of hydrogen-bond donors (Lipinski definition) is 1. The molecule has 1 heterocycles. The molecule has 0 unspecified atom stereocenters. The molecule has 1 aromatic rings. The Hall–Kier alpha value is -1.63. The second-order valence-corrected chi connectivity index (χ2v) is 2.24. The second kappa shape index (κ2) is 2.54. The molecule has 2 N–H and O–H groups in total. The van der Waals surface area contributed by atoms with Crippen molar-refractivity contribution in [3.05, 3.63) is 17.1 Å². The summed E-state index contributed by atoms with van der Waals surface area (Å²) in [6.45, 7) is 3.60. The first kappa shape index (κ1) is 7.48. The highest BCUT2D eigenvalue weighted by molar-refractivity contribution is 5.44. The van der Waals surface area contributed by atoms with E-state index >= 15 is 0 Å². The molecule has 0 aliphatic rings. The molecule has 4 nitrogen and oxygen atoms in total. The van der Waals surface area contributed by atoms with Crippen LogP contribution in [0.2, 0.25) is 0 Å². The lowest BCUT2D eigenvalue weighted by Crippen LogP contribution is -2.02. The predicted molar refractivity (Wildman–Crippen MR) is 40.6 cm³/mol. The summed E-state index contributed by atoms with van der Waals surface area (Å²) in [5.41, 5.74) is 7.12. The van der Waals surface area contributed by atoms with Gasteiger partial charge in [0.1, 0.15) is 6.07 Å². The van der Waals surface area contributed by atoms with Gasteiger partial charge in [0.05, 0.1) is 11.4 Å². The highest BCUT2D eigenvalue weighted by Gasteiger charge is 2.03. The SMILES string of the molecule is Cc1nc(N)c(C#N)nc1C. The third-order valence-corrected chi connectivity index (χ3v) is 1.44. The number of aromatic nitrogens is 2. The molecule has 1 aromatic heterocycles. The van der Waals surface area contributed by atoms with Gasteiger partial charge >= 0.3 is 0 Å². The van der Waals surface area contributed by atoms with E-state index in [0.717, 1.165) is 11.4 Å². The Bertz CT molecular complexity index is 324. The zero-order valence-electron chi connectivity index (χ0n) is 6.42. The van der Waals surface area contributed by atoms with Crippen molar-refractivity contribution in [2.75, 3.05) is 5.73 Å². The van der Waals surface area contributed by atoms with Crippen molar-refractivity contribution in [3.8, 4) is 6.07 Å². The lowest BCUT2D eigenvalue weighted by atomic mass is 10.3. The number of nitrogen functional groups attached to an aromatic ring is 1. The third kappa shape index (κ3) is 1.27. The number of rotatable bonds is 0. The van der Waals surface area contributed by atoms with E-state index < -0.39 is 0 Å². The minimum atomic E-state index is 0.202. The van der Waals surface area contributed by atoms with Gasteiger partial charge in [0.2, 0.25) is 0 Å². The second-order valence-electron chi connectivity index (χ2n) is 2.24. The van der Waals surface area contributed by atoms with E-state index in [2.05, 4.69) is 9.97 Å². The van der Waals surface area contributed by atoms with Crippen molar-refractivity contribution in [2.45, 2.75) is 13.8 Å². The van der Waals surface area contributed by atoms with Crippen LogP contribution in [0.4, 0.5) is 5.82 Å². The highest BCUT2D eigenvalue weighted by Crippen LogP contribution is 2.07. The molecule has 4 heteroatoms. The molecule has 0 saturated carbocycles. The van der Waals surface area contributed by atoms with Gasteiger partial charge in [-0.05, 0) is 13.8 Å². The summed E-state index contributed by atoms with van der Waals surface area (Å²) in [4.78, 5) is 7.88. The molecule has 0 aromatic carbocycles. The van der Waals surface area contributed by atoms with E-state index in [1.807, 2.05) is 6.07 Å². The smallest absolute Gasteiger partial charge is 0.183 e. The maximum Gasteiger partial charge on any atom is 0.183 e.